The van der Waals surface area contributed by atoms with Crippen LogP contribution in [0.3, 0.4) is 0 Å². The molecule has 4 atom stereocenters. The third-order valence-corrected chi connectivity index (χ3v) is 5.51. The van der Waals surface area contributed by atoms with Crippen LogP contribution in [0.1, 0.15) is 38.2 Å². The summed E-state index contributed by atoms with van der Waals surface area (Å²) in [5.74, 6) is -0.0388. The van der Waals surface area contributed by atoms with Gasteiger partial charge in [-0.15, -0.1) is 0 Å². The molecule has 0 aliphatic heterocycles. The lowest BCUT2D eigenvalue weighted by atomic mass is 9.68. The van der Waals surface area contributed by atoms with E-state index in [9.17, 15) is 9.59 Å². The maximum absolute atomic E-state index is 12.9. The van der Waals surface area contributed by atoms with Crippen molar-refractivity contribution in [3.05, 3.63) is 35.9 Å². The number of benzene rings is 1. The van der Waals surface area contributed by atoms with Crippen LogP contribution in [-0.4, -0.2) is 23.0 Å². The molecule has 0 radical (unpaired) electrons. The number of carboxylic acids is 1. The Kier molecular flexibility index (Phi) is 3.94. The zero-order valence-electron chi connectivity index (χ0n) is 12.9. The van der Waals surface area contributed by atoms with E-state index in [0.29, 0.717) is 18.3 Å². The molecule has 2 bridgehead atoms. The fraction of sp³-hybridized carbons (Fsp3) is 0.556. The first-order valence-corrected chi connectivity index (χ1v) is 8.09. The third kappa shape index (κ3) is 2.62. The normalized spacial score (nSPS) is 31.0. The van der Waals surface area contributed by atoms with Crippen molar-refractivity contribution in [3.63, 3.8) is 0 Å². The van der Waals surface area contributed by atoms with Crippen LogP contribution >= 0.6 is 0 Å². The average molecular weight is 301 g/mol. The average Bonchev–Trinajstić information content (AvgIpc) is 3.09. The van der Waals surface area contributed by atoms with Crippen LogP contribution in [-0.2, 0) is 16.0 Å². The molecule has 2 saturated carbocycles. The van der Waals surface area contributed by atoms with Crippen LogP contribution in [0, 0.1) is 17.3 Å². The highest BCUT2D eigenvalue weighted by Gasteiger charge is 2.55. The fourth-order valence-electron chi connectivity index (χ4n) is 4.38. The van der Waals surface area contributed by atoms with E-state index in [0.717, 1.165) is 24.8 Å². The molecule has 2 aliphatic carbocycles. The van der Waals surface area contributed by atoms with Crippen LogP contribution in [0.5, 0.6) is 0 Å². The number of carboxylic acid groups (broad SMARTS) is 1. The van der Waals surface area contributed by atoms with Crippen molar-refractivity contribution >= 4 is 11.9 Å². The number of hydrogen-bond donors (Lipinski definition) is 2. The first-order valence-electron chi connectivity index (χ1n) is 8.09. The van der Waals surface area contributed by atoms with Gasteiger partial charge < -0.3 is 10.4 Å². The van der Waals surface area contributed by atoms with Gasteiger partial charge in [0.25, 0.3) is 0 Å². The molecule has 0 heterocycles. The molecule has 1 amide bonds. The van der Waals surface area contributed by atoms with Crippen LogP contribution in [0.2, 0.25) is 0 Å². The van der Waals surface area contributed by atoms with Gasteiger partial charge in [-0.25, -0.2) is 0 Å². The topological polar surface area (TPSA) is 66.4 Å². The minimum atomic E-state index is -0.980. The van der Waals surface area contributed by atoms with Crippen molar-refractivity contribution in [2.75, 3.05) is 0 Å². The lowest BCUT2D eigenvalue weighted by Crippen LogP contribution is -2.50. The second-order valence-corrected chi connectivity index (χ2v) is 6.93. The van der Waals surface area contributed by atoms with Gasteiger partial charge in [-0.05, 0) is 50.0 Å². The standard InChI is InChI=1S/C18H23NO3/c1-12(16(20)21)19-17(22)18(10-13-5-3-2-4-6-13)11-14-7-8-15(18)9-14/h2-6,12,14-15H,7-11H2,1H3,(H,19,22)(H,20,21). The second kappa shape index (κ2) is 5.75. The molecule has 2 N–H and O–H groups in total. The molecule has 4 nitrogen and oxygen atoms in total. The second-order valence-electron chi connectivity index (χ2n) is 6.93. The summed E-state index contributed by atoms with van der Waals surface area (Å²) in [5.41, 5.74) is 0.738. The van der Waals surface area contributed by atoms with Crippen molar-refractivity contribution in [2.24, 2.45) is 17.3 Å². The Labute approximate surface area is 130 Å². The number of fused-ring (bicyclic) bond motifs is 2. The molecule has 4 unspecified atom stereocenters. The lowest BCUT2D eigenvalue weighted by Gasteiger charge is -2.37. The molecule has 0 spiro atoms. The molecule has 1 aromatic carbocycles. The van der Waals surface area contributed by atoms with Crippen molar-refractivity contribution in [3.8, 4) is 0 Å². The van der Waals surface area contributed by atoms with E-state index >= 15 is 0 Å². The summed E-state index contributed by atoms with van der Waals surface area (Å²) in [6.45, 7) is 1.53. The number of aliphatic carboxylic acids is 1. The highest BCUT2D eigenvalue weighted by molar-refractivity contribution is 5.88. The van der Waals surface area contributed by atoms with Crippen LogP contribution in [0.4, 0.5) is 0 Å². The number of rotatable bonds is 5. The molecule has 22 heavy (non-hydrogen) atoms. The zero-order chi connectivity index (χ0) is 15.7. The van der Waals surface area contributed by atoms with Crippen molar-refractivity contribution in [1.29, 1.82) is 0 Å². The van der Waals surface area contributed by atoms with Gasteiger partial charge in [0, 0.05) is 0 Å². The fourth-order valence-corrected chi connectivity index (χ4v) is 4.38. The Bertz CT molecular complexity index is 571. The van der Waals surface area contributed by atoms with Gasteiger partial charge in [0.05, 0.1) is 5.41 Å². The smallest absolute Gasteiger partial charge is 0.325 e. The number of carbonyl (C=O) groups is 2. The number of nitrogens with one attached hydrogen (secondary N) is 1. The first-order chi connectivity index (χ1) is 10.5. The van der Waals surface area contributed by atoms with Crippen LogP contribution in [0.15, 0.2) is 30.3 Å². The molecule has 2 fully saturated rings. The van der Waals surface area contributed by atoms with Gasteiger partial charge in [-0.2, -0.15) is 0 Å². The molecule has 4 heteroatoms. The Morgan fingerprint density at radius 3 is 2.59 bits per heavy atom. The monoisotopic (exact) mass is 301 g/mol. The maximum atomic E-state index is 12.9. The van der Waals surface area contributed by atoms with Gasteiger partial charge in [0.1, 0.15) is 6.04 Å². The molecular formula is C18H23NO3. The summed E-state index contributed by atoms with van der Waals surface area (Å²) in [6.07, 6.45) is 5.02. The quantitative estimate of drug-likeness (QED) is 0.878. The summed E-state index contributed by atoms with van der Waals surface area (Å²) >= 11 is 0. The SMILES string of the molecule is CC(NC(=O)C1(Cc2ccccc2)CC2CCC1C2)C(=O)O. The minimum Gasteiger partial charge on any atom is -0.480 e. The highest BCUT2D eigenvalue weighted by atomic mass is 16.4. The van der Waals surface area contributed by atoms with E-state index in [1.165, 1.54) is 13.3 Å². The third-order valence-electron chi connectivity index (χ3n) is 5.51. The van der Waals surface area contributed by atoms with E-state index < -0.39 is 17.4 Å². The molecule has 118 valence electrons. The molecule has 3 rings (SSSR count). The van der Waals surface area contributed by atoms with Crippen molar-refractivity contribution < 1.29 is 14.7 Å². The molecule has 0 aromatic heterocycles. The Balaban J connectivity index is 1.84. The van der Waals surface area contributed by atoms with Crippen LogP contribution < -0.4 is 5.32 Å². The summed E-state index contributed by atoms with van der Waals surface area (Å²) < 4.78 is 0. The van der Waals surface area contributed by atoms with E-state index in [4.69, 9.17) is 5.11 Å². The maximum Gasteiger partial charge on any atom is 0.325 e. The van der Waals surface area contributed by atoms with Crippen molar-refractivity contribution in [1.82, 2.24) is 5.32 Å². The summed E-state index contributed by atoms with van der Waals surface area (Å²) in [6, 6.07) is 9.24. The summed E-state index contributed by atoms with van der Waals surface area (Å²) in [7, 11) is 0. The van der Waals surface area contributed by atoms with Crippen LogP contribution in [0.25, 0.3) is 0 Å². The van der Waals surface area contributed by atoms with Gasteiger partial charge in [-0.3, -0.25) is 9.59 Å². The van der Waals surface area contributed by atoms with Gasteiger partial charge in [0.2, 0.25) is 5.91 Å². The lowest BCUT2D eigenvalue weighted by molar-refractivity contribution is -0.144. The predicted octanol–water partition coefficient (Wildman–Crippen LogP) is 2.62. The predicted molar refractivity (Wildman–Crippen MR) is 83.3 cm³/mol. The first kappa shape index (κ1) is 15.1. The van der Waals surface area contributed by atoms with E-state index in [1.807, 2.05) is 18.2 Å². The molecular weight excluding hydrogens is 278 g/mol. The summed E-state index contributed by atoms with van der Waals surface area (Å²) in [4.78, 5) is 24.0. The van der Waals surface area contributed by atoms with Crippen molar-refractivity contribution in [2.45, 2.75) is 45.1 Å². The minimum absolute atomic E-state index is 0.0709. The van der Waals surface area contributed by atoms with Gasteiger partial charge >= 0.3 is 5.97 Å². The number of hydrogen-bond acceptors (Lipinski definition) is 2. The number of carbonyl (C=O) groups excluding carboxylic acids is 1. The van der Waals surface area contributed by atoms with E-state index in [2.05, 4.69) is 17.4 Å². The molecule has 0 saturated heterocycles. The zero-order valence-corrected chi connectivity index (χ0v) is 12.9. The van der Waals surface area contributed by atoms with Gasteiger partial charge in [0.15, 0.2) is 0 Å². The summed E-state index contributed by atoms with van der Waals surface area (Å²) in [5, 5.41) is 11.8. The van der Waals surface area contributed by atoms with E-state index in [-0.39, 0.29) is 5.91 Å². The number of amides is 1. The van der Waals surface area contributed by atoms with Gasteiger partial charge in [-0.1, -0.05) is 36.8 Å². The Hall–Kier alpha value is -1.84. The molecule has 1 aromatic rings. The highest BCUT2D eigenvalue weighted by Crippen LogP contribution is 2.57. The molecule has 2 aliphatic rings. The van der Waals surface area contributed by atoms with E-state index in [1.54, 1.807) is 0 Å². The Morgan fingerprint density at radius 1 is 1.32 bits per heavy atom. The largest absolute Gasteiger partial charge is 0.480 e. The Morgan fingerprint density at radius 2 is 2.05 bits per heavy atom.